The van der Waals surface area contributed by atoms with E-state index in [9.17, 15) is 13.6 Å². The lowest BCUT2D eigenvalue weighted by Gasteiger charge is -2.06. The van der Waals surface area contributed by atoms with E-state index in [0.29, 0.717) is 23.4 Å². The fourth-order valence-corrected chi connectivity index (χ4v) is 2.31. The predicted octanol–water partition coefficient (Wildman–Crippen LogP) is 3.43. The van der Waals surface area contributed by atoms with Crippen molar-refractivity contribution in [2.75, 3.05) is 5.32 Å². The third-order valence-electron chi connectivity index (χ3n) is 3.29. The van der Waals surface area contributed by atoms with Crippen LogP contribution in [0.5, 0.6) is 0 Å². The number of nitrogens with zero attached hydrogens (tertiary/aromatic N) is 2. The zero-order chi connectivity index (χ0) is 15.7. The highest BCUT2D eigenvalue weighted by Gasteiger charge is 2.18. The van der Waals surface area contributed by atoms with Crippen molar-refractivity contribution in [3.8, 4) is 0 Å². The first kappa shape index (κ1) is 14.2. The molecular weight excluding hydrogens is 288 g/mol. The van der Waals surface area contributed by atoms with Gasteiger partial charge in [0, 0.05) is 11.9 Å². The first-order valence-electron chi connectivity index (χ1n) is 6.82. The first-order valence-corrected chi connectivity index (χ1v) is 6.82. The third-order valence-corrected chi connectivity index (χ3v) is 3.29. The normalized spacial score (nSPS) is 10.9. The molecule has 0 aliphatic rings. The zero-order valence-corrected chi connectivity index (χ0v) is 11.8. The van der Waals surface area contributed by atoms with Crippen LogP contribution in [0.2, 0.25) is 0 Å². The van der Waals surface area contributed by atoms with Gasteiger partial charge in [-0.1, -0.05) is 13.0 Å². The van der Waals surface area contributed by atoms with Crippen molar-refractivity contribution in [2.24, 2.45) is 0 Å². The first-order chi connectivity index (χ1) is 10.6. The number of benzene rings is 1. The lowest BCUT2D eigenvalue weighted by molar-refractivity contribution is 0.102. The van der Waals surface area contributed by atoms with Gasteiger partial charge in [-0.2, -0.15) is 0 Å². The maximum atomic E-state index is 13.4. The molecule has 22 heavy (non-hydrogen) atoms. The molecule has 2 heterocycles. The van der Waals surface area contributed by atoms with E-state index in [1.54, 1.807) is 6.07 Å². The Hall–Kier alpha value is -2.76. The number of anilines is 1. The minimum atomic E-state index is -0.465. The van der Waals surface area contributed by atoms with Gasteiger partial charge < -0.3 is 5.32 Å². The molecule has 4 nitrogen and oxygen atoms in total. The number of fused-ring (bicyclic) bond motifs is 1. The molecule has 0 radical (unpaired) electrons. The van der Waals surface area contributed by atoms with Crippen molar-refractivity contribution in [1.29, 1.82) is 0 Å². The molecule has 1 amide bonds. The van der Waals surface area contributed by atoms with Gasteiger partial charge in [-0.05, 0) is 36.8 Å². The molecule has 3 rings (SSSR count). The number of imidazole rings is 1. The summed E-state index contributed by atoms with van der Waals surface area (Å²) in [6.45, 7) is 1.86. The van der Waals surface area contributed by atoms with Crippen LogP contribution in [0.25, 0.3) is 5.65 Å². The predicted molar refractivity (Wildman–Crippen MR) is 78.9 cm³/mol. The molecule has 0 aliphatic heterocycles. The number of carbonyl (C=O) groups is 1. The third kappa shape index (κ3) is 2.55. The Bertz CT molecular complexity index is 858. The number of aryl methyl sites for hydroxylation is 1. The Balaban J connectivity index is 2.04. The maximum Gasteiger partial charge on any atom is 0.274 e. The molecule has 0 atom stereocenters. The Labute approximate surface area is 125 Å². The molecule has 0 unspecified atom stereocenters. The standard InChI is InChI=1S/C16H13F2N3O/c1-2-13-15(21-9-11(18)6-7-14(21)20-13)16(22)19-12-5-3-4-10(17)8-12/h3-9H,2H2,1H3,(H,19,22). The summed E-state index contributed by atoms with van der Waals surface area (Å²) in [5, 5.41) is 2.61. The second-order valence-electron chi connectivity index (χ2n) is 4.80. The van der Waals surface area contributed by atoms with Crippen LogP contribution in [0, 0.1) is 11.6 Å². The highest BCUT2D eigenvalue weighted by molar-refractivity contribution is 6.04. The largest absolute Gasteiger partial charge is 0.321 e. The molecule has 0 fully saturated rings. The summed E-state index contributed by atoms with van der Waals surface area (Å²) in [7, 11) is 0. The van der Waals surface area contributed by atoms with Crippen LogP contribution in [0.15, 0.2) is 42.6 Å². The Morgan fingerprint density at radius 3 is 2.77 bits per heavy atom. The van der Waals surface area contributed by atoms with E-state index >= 15 is 0 Å². The zero-order valence-electron chi connectivity index (χ0n) is 11.8. The van der Waals surface area contributed by atoms with E-state index in [1.165, 1.54) is 40.9 Å². The van der Waals surface area contributed by atoms with Crippen LogP contribution in [0.4, 0.5) is 14.5 Å². The molecule has 0 saturated carbocycles. The Morgan fingerprint density at radius 2 is 2.05 bits per heavy atom. The number of amides is 1. The molecule has 1 N–H and O–H groups in total. The number of rotatable bonds is 3. The number of hydrogen-bond acceptors (Lipinski definition) is 2. The van der Waals surface area contributed by atoms with E-state index in [1.807, 2.05) is 6.92 Å². The molecule has 2 aromatic heterocycles. The Kier molecular flexibility index (Phi) is 3.58. The smallest absolute Gasteiger partial charge is 0.274 e. The minimum Gasteiger partial charge on any atom is -0.321 e. The summed E-state index contributed by atoms with van der Waals surface area (Å²) < 4.78 is 28.0. The molecule has 1 aromatic carbocycles. The van der Waals surface area contributed by atoms with E-state index in [2.05, 4.69) is 10.3 Å². The van der Waals surface area contributed by atoms with Crippen LogP contribution in [-0.4, -0.2) is 15.3 Å². The van der Waals surface area contributed by atoms with Crippen LogP contribution < -0.4 is 5.32 Å². The Morgan fingerprint density at radius 1 is 1.23 bits per heavy atom. The minimum absolute atomic E-state index is 0.251. The summed E-state index contributed by atoms with van der Waals surface area (Å²) in [4.78, 5) is 16.8. The number of nitrogens with one attached hydrogen (secondary N) is 1. The van der Waals surface area contributed by atoms with Crippen molar-refractivity contribution in [3.63, 3.8) is 0 Å². The van der Waals surface area contributed by atoms with Crippen molar-refractivity contribution in [1.82, 2.24) is 9.38 Å². The van der Waals surface area contributed by atoms with Crippen molar-refractivity contribution in [3.05, 3.63) is 65.6 Å². The van der Waals surface area contributed by atoms with Crippen molar-refractivity contribution < 1.29 is 13.6 Å². The van der Waals surface area contributed by atoms with Gasteiger partial charge in [-0.15, -0.1) is 0 Å². The van der Waals surface area contributed by atoms with Crippen LogP contribution in [0.3, 0.4) is 0 Å². The summed E-state index contributed by atoms with van der Waals surface area (Å²) in [6.07, 6.45) is 1.73. The van der Waals surface area contributed by atoms with Crippen LogP contribution >= 0.6 is 0 Å². The van der Waals surface area contributed by atoms with Crippen molar-refractivity contribution in [2.45, 2.75) is 13.3 Å². The monoisotopic (exact) mass is 301 g/mol. The van der Waals surface area contributed by atoms with E-state index in [-0.39, 0.29) is 5.69 Å². The van der Waals surface area contributed by atoms with Gasteiger partial charge in [-0.3, -0.25) is 9.20 Å². The SMILES string of the molecule is CCc1nc2ccc(F)cn2c1C(=O)Nc1cccc(F)c1. The average Bonchev–Trinajstić information content (AvgIpc) is 2.85. The van der Waals surface area contributed by atoms with E-state index in [4.69, 9.17) is 0 Å². The number of carbonyl (C=O) groups excluding carboxylic acids is 1. The molecule has 6 heteroatoms. The van der Waals surface area contributed by atoms with Gasteiger partial charge in [0.1, 0.15) is 23.0 Å². The lowest BCUT2D eigenvalue weighted by atomic mass is 10.2. The number of hydrogen-bond donors (Lipinski definition) is 1. The molecule has 0 bridgehead atoms. The second kappa shape index (κ2) is 5.55. The van der Waals surface area contributed by atoms with Crippen LogP contribution in [0.1, 0.15) is 23.1 Å². The average molecular weight is 301 g/mol. The van der Waals surface area contributed by atoms with Gasteiger partial charge in [0.2, 0.25) is 0 Å². The van der Waals surface area contributed by atoms with Gasteiger partial charge in [0.05, 0.1) is 5.69 Å². The van der Waals surface area contributed by atoms with Gasteiger partial charge >= 0.3 is 0 Å². The molecule has 0 spiro atoms. The molecule has 112 valence electrons. The van der Waals surface area contributed by atoms with Gasteiger partial charge in [0.25, 0.3) is 5.91 Å². The van der Waals surface area contributed by atoms with Crippen molar-refractivity contribution >= 4 is 17.2 Å². The summed E-state index contributed by atoms with van der Waals surface area (Å²) >= 11 is 0. The summed E-state index contributed by atoms with van der Waals surface area (Å²) in [6, 6.07) is 8.38. The second-order valence-corrected chi connectivity index (χ2v) is 4.80. The topological polar surface area (TPSA) is 46.4 Å². The molecule has 3 aromatic rings. The highest BCUT2D eigenvalue weighted by atomic mass is 19.1. The summed E-state index contributed by atoms with van der Waals surface area (Å²) in [5.74, 6) is -1.37. The molecule has 0 aliphatic carbocycles. The maximum absolute atomic E-state index is 13.4. The molecular formula is C16H13F2N3O. The van der Waals surface area contributed by atoms with Gasteiger partial charge in [-0.25, -0.2) is 13.8 Å². The van der Waals surface area contributed by atoms with Crippen LogP contribution in [-0.2, 0) is 6.42 Å². The van der Waals surface area contributed by atoms with Gasteiger partial charge in [0.15, 0.2) is 0 Å². The molecule has 0 saturated heterocycles. The van der Waals surface area contributed by atoms with E-state index in [0.717, 1.165) is 0 Å². The number of halogens is 2. The van der Waals surface area contributed by atoms with E-state index < -0.39 is 17.5 Å². The number of pyridine rings is 1. The highest BCUT2D eigenvalue weighted by Crippen LogP contribution is 2.17. The summed E-state index contributed by atoms with van der Waals surface area (Å²) in [5.41, 5.74) is 1.63. The fraction of sp³-hybridized carbons (Fsp3) is 0.125. The lowest BCUT2D eigenvalue weighted by Crippen LogP contribution is -2.16. The quantitative estimate of drug-likeness (QED) is 0.805. The fourth-order valence-electron chi connectivity index (χ4n) is 2.31. The number of aromatic nitrogens is 2.